The van der Waals surface area contributed by atoms with Gasteiger partial charge in [-0.25, -0.2) is 8.42 Å². The van der Waals surface area contributed by atoms with Crippen LogP contribution in [0.4, 0.5) is 5.69 Å². The van der Waals surface area contributed by atoms with Gasteiger partial charge in [-0.1, -0.05) is 25.1 Å². The summed E-state index contributed by atoms with van der Waals surface area (Å²) in [4.78, 5) is 2.06. The Bertz CT molecular complexity index is 472. The topological polar surface area (TPSA) is 63.4 Å². The molecule has 0 aromatic heterocycles. The highest BCUT2D eigenvalue weighted by atomic mass is 32.2. The Labute approximate surface area is 110 Å². The average Bonchev–Trinajstić information content (AvgIpc) is 2.38. The molecule has 2 N–H and O–H groups in total. The zero-order valence-electron chi connectivity index (χ0n) is 11.1. The molecule has 102 valence electrons. The van der Waals surface area contributed by atoms with Gasteiger partial charge in [0.15, 0.2) is 0 Å². The third-order valence-electron chi connectivity index (χ3n) is 3.01. The summed E-state index contributed by atoms with van der Waals surface area (Å²) in [7, 11) is -0.899. The predicted octanol–water partition coefficient (Wildman–Crippen LogP) is 1.41. The second-order valence-corrected chi connectivity index (χ2v) is 6.82. The lowest BCUT2D eigenvalue weighted by molar-refractivity contribution is 0.594. The zero-order valence-corrected chi connectivity index (χ0v) is 11.9. The molecule has 0 fully saturated rings. The van der Waals surface area contributed by atoms with Crippen LogP contribution in [0, 0.1) is 0 Å². The van der Waals surface area contributed by atoms with E-state index >= 15 is 0 Å². The summed E-state index contributed by atoms with van der Waals surface area (Å²) in [5.74, 6) is 0.467. The van der Waals surface area contributed by atoms with Crippen molar-refractivity contribution in [2.75, 3.05) is 30.0 Å². The van der Waals surface area contributed by atoms with Gasteiger partial charge in [-0.3, -0.25) is 0 Å². The van der Waals surface area contributed by atoms with E-state index < -0.39 is 9.84 Å². The molecule has 0 aliphatic rings. The van der Waals surface area contributed by atoms with Crippen LogP contribution >= 0.6 is 0 Å². The second-order valence-electron chi connectivity index (χ2n) is 4.34. The SMILES string of the molecule is CCS(=O)(=O)CCCN(C)c1ccccc1CN. The van der Waals surface area contributed by atoms with Crippen molar-refractivity contribution >= 4 is 15.5 Å². The Balaban J connectivity index is 2.58. The number of rotatable bonds is 7. The maximum absolute atomic E-state index is 11.4. The van der Waals surface area contributed by atoms with Crippen LogP contribution in [0.2, 0.25) is 0 Å². The van der Waals surface area contributed by atoms with Crippen molar-refractivity contribution in [1.82, 2.24) is 0 Å². The Morgan fingerprint density at radius 3 is 2.56 bits per heavy atom. The fraction of sp³-hybridized carbons (Fsp3) is 0.538. The Morgan fingerprint density at radius 1 is 1.28 bits per heavy atom. The van der Waals surface area contributed by atoms with Gasteiger partial charge in [-0.15, -0.1) is 0 Å². The van der Waals surface area contributed by atoms with E-state index in [1.165, 1.54) is 0 Å². The average molecular weight is 270 g/mol. The van der Waals surface area contributed by atoms with Crippen molar-refractivity contribution in [1.29, 1.82) is 0 Å². The van der Waals surface area contributed by atoms with Gasteiger partial charge in [0.25, 0.3) is 0 Å². The summed E-state index contributed by atoms with van der Waals surface area (Å²) >= 11 is 0. The minimum Gasteiger partial charge on any atom is -0.374 e. The molecule has 4 nitrogen and oxygen atoms in total. The van der Waals surface area contributed by atoms with E-state index in [0.717, 1.165) is 17.8 Å². The summed E-state index contributed by atoms with van der Waals surface area (Å²) in [5, 5.41) is 0. The second kappa shape index (κ2) is 6.75. The molecule has 0 heterocycles. The van der Waals surface area contributed by atoms with Crippen LogP contribution in [0.15, 0.2) is 24.3 Å². The van der Waals surface area contributed by atoms with Crippen molar-refractivity contribution in [3.63, 3.8) is 0 Å². The first-order valence-corrected chi connectivity index (χ1v) is 8.02. The Morgan fingerprint density at radius 2 is 1.94 bits per heavy atom. The number of sulfone groups is 1. The normalized spacial score (nSPS) is 11.5. The zero-order chi connectivity index (χ0) is 13.6. The molecule has 1 aromatic rings. The molecule has 18 heavy (non-hydrogen) atoms. The summed E-state index contributed by atoms with van der Waals surface area (Å²) in [6.45, 7) is 2.90. The van der Waals surface area contributed by atoms with E-state index in [9.17, 15) is 8.42 Å². The molecule has 0 radical (unpaired) electrons. The third kappa shape index (κ3) is 4.31. The summed E-state index contributed by atoms with van der Waals surface area (Å²) < 4.78 is 22.8. The van der Waals surface area contributed by atoms with E-state index in [2.05, 4.69) is 4.90 Å². The van der Waals surface area contributed by atoms with Gasteiger partial charge in [0.05, 0.1) is 5.75 Å². The number of benzene rings is 1. The van der Waals surface area contributed by atoms with Crippen LogP contribution in [-0.4, -0.2) is 33.5 Å². The van der Waals surface area contributed by atoms with E-state index in [1.807, 2.05) is 31.3 Å². The van der Waals surface area contributed by atoms with E-state index in [4.69, 9.17) is 5.73 Å². The van der Waals surface area contributed by atoms with Crippen LogP contribution in [-0.2, 0) is 16.4 Å². The van der Waals surface area contributed by atoms with Crippen LogP contribution in [0.3, 0.4) is 0 Å². The fourth-order valence-electron chi connectivity index (χ4n) is 1.84. The summed E-state index contributed by atoms with van der Waals surface area (Å²) in [6, 6.07) is 7.93. The van der Waals surface area contributed by atoms with Gasteiger partial charge in [-0.2, -0.15) is 0 Å². The monoisotopic (exact) mass is 270 g/mol. The quantitative estimate of drug-likeness (QED) is 0.813. The standard InChI is InChI=1S/C13H22N2O2S/c1-3-18(16,17)10-6-9-15(2)13-8-5-4-7-12(13)11-14/h4-5,7-8H,3,6,9-11,14H2,1-2H3. The van der Waals surface area contributed by atoms with Crippen molar-refractivity contribution in [3.8, 4) is 0 Å². The third-order valence-corrected chi connectivity index (χ3v) is 4.80. The largest absolute Gasteiger partial charge is 0.374 e. The first-order chi connectivity index (χ1) is 8.50. The van der Waals surface area contributed by atoms with Gasteiger partial charge < -0.3 is 10.6 Å². The number of nitrogens with two attached hydrogens (primary N) is 1. The minimum atomic E-state index is -2.86. The van der Waals surface area contributed by atoms with Crippen LogP contribution in [0.5, 0.6) is 0 Å². The number of nitrogens with zero attached hydrogens (tertiary/aromatic N) is 1. The molecular weight excluding hydrogens is 248 g/mol. The molecule has 0 saturated carbocycles. The summed E-state index contributed by atoms with van der Waals surface area (Å²) in [5.41, 5.74) is 7.84. The minimum absolute atomic E-state index is 0.218. The maximum Gasteiger partial charge on any atom is 0.150 e. The molecule has 0 unspecified atom stereocenters. The Hall–Kier alpha value is -1.07. The van der Waals surface area contributed by atoms with Gasteiger partial charge in [0, 0.05) is 31.6 Å². The Kier molecular flexibility index (Phi) is 5.62. The highest BCUT2D eigenvalue weighted by Gasteiger charge is 2.09. The first-order valence-electron chi connectivity index (χ1n) is 6.19. The molecule has 0 atom stereocenters. The molecular formula is C13H22N2O2S. The maximum atomic E-state index is 11.4. The van der Waals surface area contributed by atoms with Gasteiger partial charge >= 0.3 is 0 Å². The fourth-order valence-corrected chi connectivity index (χ4v) is 2.70. The van der Waals surface area contributed by atoms with Crippen molar-refractivity contribution in [2.45, 2.75) is 19.9 Å². The molecule has 0 amide bonds. The van der Waals surface area contributed by atoms with Gasteiger partial charge in [-0.05, 0) is 18.1 Å². The molecule has 0 bridgehead atoms. The molecule has 0 aliphatic carbocycles. The lowest BCUT2D eigenvalue weighted by Crippen LogP contribution is -2.23. The number of para-hydroxylation sites is 1. The van der Waals surface area contributed by atoms with E-state index in [1.54, 1.807) is 6.92 Å². The lowest BCUT2D eigenvalue weighted by Gasteiger charge is -2.22. The highest BCUT2D eigenvalue weighted by molar-refractivity contribution is 7.91. The van der Waals surface area contributed by atoms with Crippen molar-refractivity contribution in [3.05, 3.63) is 29.8 Å². The molecule has 1 rings (SSSR count). The molecule has 1 aromatic carbocycles. The number of hydrogen-bond acceptors (Lipinski definition) is 4. The van der Waals surface area contributed by atoms with Crippen LogP contribution < -0.4 is 10.6 Å². The van der Waals surface area contributed by atoms with Crippen LogP contribution in [0.25, 0.3) is 0 Å². The molecule has 0 aliphatic heterocycles. The first kappa shape index (κ1) is 15.0. The highest BCUT2D eigenvalue weighted by Crippen LogP contribution is 2.18. The number of hydrogen-bond donors (Lipinski definition) is 1. The van der Waals surface area contributed by atoms with Crippen molar-refractivity contribution in [2.24, 2.45) is 5.73 Å². The van der Waals surface area contributed by atoms with Crippen molar-refractivity contribution < 1.29 is 8.42 Å². The molecule has 0 saturated heterocycles. The lowest BCUT2D eigenvalue weighted by atomic mass is 10.1. The molecule has 5 heteroatoms. The predicted molar refractivity (Wildman–Crippen MR) is 76.5 cm³/mol. The number of anilines is 1. The van der Waals surface area contributed by atoms with E-state index in [0.29, 0.717) is 13.0 Å². The van der Waals surface area contributed by atoms with Gasteiger partial charge in [0.1, 0.15) is 9.84 Å². The molecule has 0 spiro atoms. The van der Waals surface area contributed by atoms with E-state index in [-0.39, 0.29) is 11.5 Å². The van der Waals surface area contributed by atoms with Crippen LogP contribution in [0.1, 0.15) is 18.9 Å². The van der Waals surface area contributed by atoms with Gasteiger partial charge in [0.2, 0.25) is 0 Å². The summed E-state index contributed by atoms with van der Waals surface area (Å²) in [6.07, 6.45) is 0.644. The smallest absolute Gasteiger partial charge is 0.150 e.